The summed E-state index contributed by atoms with van der Waals surface area (Å²) in [6.45, 7) is 0.448. The molecular formula is C18H19ClN2O2S. The van der Waals surface area contributed by atoms with Crippen LogP contribution in [0.25, 0.3) is 0 Å². The molecule has 2 aromatic carbocycles. The summed E-state index contributed by atoms with van der Waals surface area (Å²) in [7, 11) is 1.59. The molecule has 0 heterocycles. The van der Waals surface area contributed by atoms with Crippen LogP contribution in [0.3, 0.4) is 0 Å². The molecule has 6 heteroatoms. The van der Waals surface area contributed by atoms with Crippen molar-refractivity contribution in [1.82, 2.24) is 10.6 Å². The summed E-state index contributed by atoms with van der Waals surface area (Å²) in [6, 6.07) is 14.8. The number of thioether (sulfide) groups is 1. The molecule has 0 aliphatic carbocycles. The number of rotatable bonds is 7. The molecule has 0 aliphatic heterocycles. The predicted octanol–water partition coefficient (Wildman–Crippen LogP) is 3.50. The van der Waals surface area contributed by atoms with Gasteiger partial charge in [-0.25, -0.2) is 0 Å². The summed E-state index contributed by atoms with van der Waals surface area (Å²) < 4.78 is 0. The molecular weight excluding hydrogens is 344 g/mol. The maximum atomic E-state index is 11.9. The SMILES string of the molecule is CNC(=O)c1ccc(CNC(=O)CCSc2ccccc2Cl)cc1. The highest BCUT2D eigenvalue weighted by molar-refractivity contribution is 7.99. The highest BCUT2D eigenvalue weighted by Gasteiger charge is 2.05. The zero-order valence-electron chi connectivity index (χ0n) is 13.3. The molecule has 0 spiro atoms. The fourth-order valence-electron chi connectivity index (χ4n) is 2.02. The van der Waals surface area contributed by atoms with Crippen LogP contribution in [0.4, 0.5) is 0 Å². The zero-order valence-corrected chi connectivity index (χ0v) is 14.9. The third-order valence-corrected chi connectivity index (χ3v) is 4.87. The van der Waals surface area contributed by atoms with Gasteiger partial charge in [-0.3, -0.25) is 9.59 Å². The molecule has 0 saturated carbocycles. The van der Waals surface area contributed by atoms with E-state index in [2.05, 4.69) is 10.6 Å². The van der Waals surface area contributed by atoms with Crippen LogP contribution in [-0.2, 0) is 11.3 Å². The van der Waals surface area contributed by atoms with Gasteiger partial charge in [0.2, 0.25) is 5.91 Å². The maximum absolute atomic E-state index is 11.9. The first kappa shape index (κ1) is 18.4. The van der Waals surface area contributed by atoms with Gasteiger partial charge in [-0.1, -0.05) is 35.9 Å². The van der Waals surface area contributed by atoms with Gasteiger partial charge in [0.15, 0.2) is 0 Å². The number of hydrogen-bond donors (Lipinski definition) is 2. The fourth-order valence-corrected chi connectivity index (χ4v) is 3.21. The van der Waals surface area contributed by atoms with Crippen molar-refractivity contribution in [3.05, 3.63) is 64.7 Å². The normalized spacial score (nSPS) is 10.2. The minimum absolute atomic E-state index is 0.00932. The molecule has 0 saturated heterocycles. The molecule has 0 fully saturated rings. The number of amides is 2. The van der Waals surface area contributed by atoms with Crippen molar-refractivity contribution >= 4 is 35.2 Å². The van der Waals surface area contributed by atoms with Gasteiger partial charge in [-0.05, 0) is 29.8 Å². The number of hydrogen-bond acceptors (Lipinski definition) is 3. The van der Waals surface area contributed by atoms with Crippen LogP contribution in [0.2, 0.25) is 5.02 Å². The molecule has 0 radical (unpaired) electrons. The minimum atomic E-state index is -0.123. The molecule has 2 amide bonds. The Morgan fingerprint density at radius 2 is 1.79 bits per heavy atom. The predicted molar refractivity (Wildman–Crippen MR) is 98.5 cm³/mol. The second kappa shape index (κ2) is 9.35. The van der Waals surface area contributed by atoms with Crippen LogP contribution in [0.1, 0.15) is 22.3 Å². The van der Waals surface area contributed by atoms with Gasteiger partial charge in [-0.2, -0.15) is 0 Å². The van der Waals surface area contributed by atoms with Crippen molar-refractivity contribution in [1.29, 1.82) is 0 Å². The van der Waals surface area contributed by atoms with Crippen molar-refractivity contribution in [2.45, 2.75) is 17.9 Å². The Labute approximate surface area is 151 Å². The van der Waals surface area contributed by atoms with Crippen LogP contribution >= 0.6 is 23.4 Å². The smallest absolute Gasteiger partial charge is 0.251 e. The molecule has 4 nitrogen and oxygen atoms in total. The first-order chi connectivity index (χ1) is 11.6. The summed E-state index contributed by atoms with van der Waals surface area (Å²) in [6.07, 6.45) is 0.423. The largest absolute Gasteiger partial charge is 0.355 e. The molecule has 2 aromatic rings. The average Bonchev–Trinajstić information content (AvgIpc) is 2.61. The fraction of sp³-hybridized carbons (Fsp3) is 0.222. The molecule has 2 rings (SSSR count). The van der Waals surface area contributed by atoms with Gasteiger partial charge in [-0.15, -0.1) is 11.8 Å². The number of nitrogens with one attached hydrogen (secondary N) is 2. The minimum Gasteiger partial charge on any atom is -0.355 e. The summed E-state index contributed by atoms with van der Waals surface area (Å²) in [4.78, 5) is 24.3. The van der Waals surface area contributed by atoms with E-state index >= 15 is 0 Å². The quantitative estimate of drug-likeness (QED) is 0.741. The van der Waals surface area contributed by atoms with Crippen LogP contribution in [-0.4, -0.2) is 24.6 Å². The number of carbonyl (C=O) groups excluding carboxylic acids is 2. The third kappa shape index (κ3) is 5.58. The van der Waals surface area contributed by atoms with Crippen LogP contribution in [0.5, 0.6) is 0 Å². The number of carbonyl (C=O) groups is 2. The van der Waals surface area contributed by atoms with Crippen molar-refractivity contribution in [2.75, 3.05) is 12.8 Å². The monoisotopic (exact) mass is 362 g/mol. The molecule has 0 bridgehead atoms. The number of benzene rings is 2. The molecule has 2 N–H and O–H groups in total. The Kier molecular flexibility index (Phi) is 7.15. The lowest BCUT2D eigenvalue weighted by atomic mass is 10.1. The highest BCUT2D eigenvalue weighted by atomic mass is 35.5. The van der Waals surface area contributed by atoms with E-state index in [0.717, 1.165) is 10.5 Å². The molecule has 0 aromatic heterocycles. The lowest BCUT2D eigenvalue weighted by Gasteiger charge is -2.07. The van der Waals surface area contributed by atoms with E-state index in [1.807, 2.05) is 36.4 Å². The van der Waals surface area contributed by atoms with Crippen LogP contribution in [0.15, 0.2) is 53.4 Å². The van der Waals surface area contributed by atoms with E-state index in [0.29, 0.717) is 29.3 Å². The van der Waals surface area contributed by atoms with Gasteiger partial charge in [0.05, 0.1) is 5.02 Å². The van der Waals surface area contributed by atoms with E-state index in [1.165, 1.54) is 0 Å². The van der Waals surface area contributed by atoms with Gasteiger partial charge in [0, 0.05) is 36.2 Å². The van der Waals surface area contributed by atoms with E-state index in [1.54, 1.807) is 30.9 Å². The molecule has 24 heavy (non-hydrogen) atoms. The van der Waals surface area contributed by atoms with Crippen molar-refractivity contribution in [2.24, 2.45) is 0 Å². The summed E-state index contributed by atoms with van der Waals surface area (Å²) >= 11 is 7.64. The number of halogens is 1. The Morgan fingerprint density at radius 1 is 1.08 bits per heavy atom. The Balaban J connectivity index is 1.73. The summed E-state index contributed by atoms with van der Waals surface area (Å²) in [5.41, 5.74) is 1.55. The average molecular weight is 363 g/mol. The Morgan fingerprint density at radius 3 is 2.46 bits per heavy atom. The first-order valence-corrected chi connectivity index (χ1v) is 8.91. The topological polar surface area (TPSA) is 58.2 Å². The van der Waals surface area contributed by atoms with Gasteiger partial charge < -0.3 is 10.6 Å². The second-order valence-electron chi connectivity index (χ2n) is 5.08. The van der Waals surface area contributed by atoms with Crippen molar-refractivity contribution in [3.8, 4) is 0 Å². The first-order valence-electron chi connectivity index (χ1n) is 7.55. The van der Waals surface area contributed by atoms with E-state index in [9.17, 15) is 9.59 Å². The third-order valence-electron chi connectivity index (χ3n) is 3.36. The van der Waals surface area contributed by atoms with E-state index in [4.69, 9.17) is 11.6 Å². The van der Waals surface area contributed by atoms with E-state index in [-0.39, 0.29) is 11.8 Å². The van der Waals surface area contributed by atoms with Gasteiger partial charge in [0.1, 0.15) is 0 Å². The molecule has 126 valence electrons. The van der Waals surface area contributed by atoms with Crippen LogP contribution in [0, 0.1) is 0 Å². The van der Waals surface area contributed by atoms with Gasteiger partial charge >= 0.3 is 0 Å². The Bertz CT molecular complexity index is 704. The molecule has 0 unspecified atom stereocenters. The lowest BCUT2D eigenvalue weighted by Crippen LogP contribution is -2.23. The van der Waals surface area contributed by atoms with Crippen LogP contribution < -0.4 is 10.6 Å². The summed E-state index contributed by atoms with van der Waals surface area (Å²) in [5, 5.41) is 6.16. The summed E-state index contributed by atoms with van der Waals surface area (Å²) in [5.74, 6) is 0.539. The van der Waals surface area contributed by atoms with Crippen molar-refractivity contribution < 1.29 is 9.59 Å². The molecule has 0 aliphatic rings. The Hall–Kier alpha value is -1.98. The molecule has 0 atom stereocenters. The van der Waals surface area contributed by atoms with Crippen molar-refractivity contribution in [3.63, 3.8) is 0 Å². The standard InChI is InChI=1S/C18H19ClN2O2S/c1-20-18(23)14-8-6-13(7-9-14)12-21-17(22)10-11-24-16-5-3-2-4-15(16)19/h2-9H,10-12H2,1H3,(H,20,23)(H,21,22). The zero-order chi connectivity index (χ0) is 17.4. The van der Waals surface area contributed by atoms with E-state index < -0.39 is 0 Å². The second-order valence-corrected chi connectivity index (χ2v) is 6.63. The highest BCUT2D eigenvalue weighted by Crippen LogP contribution is 2.26. The maximum Gasteiger partial charge on any atom is 0.251 e. The van der Waals surface area contributed by atoms with Gasteiger partial charge in [0.25, 0.3) is 5.91 Å². The lowest BCUT2D eigenvalue weighted by molar-refractivity contribution is -0.120.